The van der Waals surface area contributed by atoms with Gasteiger partial charge in [0.25, 0.3) is 0 Å². The van der Waals surface area contributed by atoms with Crippen LogP contribution in [0.2, 0.25) is 0 Å². The lowest BCUT2D eigenvalue weighted by atomic mass is 10.3. The van der Waals surface area contributed by atoms with Crippen molar-refractivity contribution in [2.45, 2.75) is 32.7 Å². The monoisotopic (exact) mass is 282 g/mol. The molecular formula is C14H26N4O2. The lowest BCUT2D eigenvalue weighted by Gasteiger charge is -2.27. The summed E-state index contributed by atoms with van der Waals surface area (Å²) >= 11 is 0. The molecule has 0 aromatic carbocycles. The maximum Gasteiger partial charge on any atom is 0.240 e. The fourth-order valence-electron chi connectivity index (χ4n) is 2.38. The van der Waals surface area contributed by atoms with Gasteiger partial charge in [-0.1, -0.05) is 12.1 Å². The summed E-state index contributed by atoms with van der Waals surface area (Å²) in [7, 11) is 2.10. The molecule has 2 rings (SSSR count). The highest BCUT2D eigenvalue weighted by atomic mass is 16.5. The van der Waals surface area contributed by atoms with E-state index in [1.165, 1.54) is 0 Å². The van der Waals surface area contributed by atoms with Crippen molar-refractivity contribution in [1.82, 2.24) is 19.9 Å². The number of aryl methyl sites for hydroxylation is 1. The third-order valence-electron chi connectivity index (χ3n) is 3.51. The molecule has 6 nitrogen and oxygen atoms in total. The van der Waals surface area contributed by atoms with Gasteiger partial charge in [0.2, 0.25) is 5.89 Å². The fraction of sp³-hybridized carbons (Fsp3) is 0.857. The molecule has 0 saturated carbocycles. The van der Waals surface area contributed by atoms with Crippen LogP contribution in [-0.2, 0) is 17.7 Å². The first-order valence-corrected chi connectivity index (χ1v) is 7.58. The van der Waals surface area contributed by atoms with Gasteiger partial charge < -0.3 is 9.26 Å². The number of hydrogen-bond acceptors (Lipinski definition) is 6. The Morgan fingerprint density at radius 3 is 2.85 bits per heavy atom. The quantitative estimate of drug-likeness (QED) is 0.713. The number of ether oxygens (including phenoxy) is 1. The summed E-state index contributed by atoms with van der Waals surface area (Å²) in [5, 5.41) is 3.98. The van der Waals surface area contributed by atoms with Crippen molar-refractivity contribution < 1.29 is 9.26 Å². The lowest BCUT2D eigenvalue weighted by Crippen LogP contribution is -2.37. The third kappa shape index (κ3) is 5.19. The Morgan fingerprint density at radius 2 is 2.10 bits per heavy atom. The van der Waals surface area contributed by atoms with Crippen molar-refractivity contribution in [2.75, 3.05) is 46.4 Å². The first-order valence-electron chi connectivity index (χ1n) is 7.58. The van der Waals surface area contributed by atoms with Crippen LogP contribution in [0.15, 0.2) is 4.52 Å². The van der Waals surface area contributed by atoms with Gasteiger partial charge in [0.15, 0.2) is 5.82 Å². The topological polar surface area (TPSA) is 54.6 Å². The highest BCUT2D eigenvalue weighted by molar-refractivity contribution is 4.86. The zero-order valence-electron chi connectivity index (χ0n) is 12.7. The van der Waals surface area contributed by atoms with Crippen LogP contribution in [0.5, 0.6) is 0 Å². The summed E-state index contributed by atoms with van der Waals surface area (Å²) in [5.41, 5.74) is 0. The van der Waals surface area contributed by atoms with Gasteiger partial charge >= 0.3 is 0 Å². The first-order chi connectivity index (χ1) is 9.78. The summed E-state index contributed by atoms with van der Waals surface area (Å²) in [6.07, 6.45) is 3.10. The van der Waals surface area contributed by atoms with Gasteiger partial charge in [0.1, 0.15) is 0 Å². The van der Waals surface area contributed by atoms with E-state index in [1.807, 2.05) is 0 Å². The summed E-state index contributed by atoms with van der Waals surface area (Å²) < 4.78 is 10.6. The molecule has 0 radical (unpaired) electrons. The zero-order valence-corrected chi connectivity index (χ0v) is 12.7. The van der Waals surface area contributed by atoms with Crippen LogP contribution in [0.1, 0.15) is 31.5 Å². The fourth-order valence-corrected chi connectivity index (χ4v) is 2.38. The van der Waals surface area contributed by atoms with E-state index in [0.717, 1.165) is 76.9 Å². The molecule has 0 unspecified atom stereocenters. The molecule has 0 bridgehead atoms. The molecule has 0 atom stereocenters. The van der Waals surface area contributed by atoms with E-state index in [4.69, 9.17) is 9.26 Å². The Bertz CT molecular complexity index is 377. The standard InChI is InChI=1S/C14H26N4O2/c1-3-5-13-15-14(20-16-13)12-17(2)6-4-7-18-8-10-19-11-9-18/h3-12H2,1-2H3. The normalized spacial score (nSPS) is 16.9. The molecule has 1 aliphatic rings. The van der Waals surface area contributed by atoms with Crippen LogP contribution >= 0.6 is 0 Å². The molecule has 2 heterocycles. The van der Waals surface area contributed by atoms with E-state index in [9.17, 15) is 0 Å². The van der Waals surface area contributed by atoms with Gasteiger partial charge in [-0.2, -0.15) is 4.98 Å². The molecule has 1 aromatic rings. The van der Waals surface area contributed by atoms with E-state index in [1.54, 1.807) is 0 Å². The van der Waals surface area contributed by atoms with E-state index < -0.39 is 0 Å². The smallest absolute Gasteiger partial charge is 0.240 e. The van der Waals surface area contributed by atoms with Crippen LogP contribution in [-0.4, -0.2) is 66.4 Å². The van der Waals surface area contributed by atoms with Crippen molar-refractivity contribution in [3.05, 3.63) is 11.7 Å². The summed E-state index contributed by atoms with van der Waals surface area (Å²) in [5.74, 6) is 1.55. The number of rotatable bonds is 8. The Balaban J connectivity index is 1.62. The second kappa shape index (κ2) is 8.34. The van der Waals surface area contributed by atoms with Crippen molar-refractivity contribution in [2.24, 2.45) is 0 Å². The van der Waals surface area contributed by atoms with Crippen LogP contribution in [0.4, 0.5) is 0 Å². The van der Waals surface area contributed by atoms with Gasteiger partial charge in [-0.3, -0.25) is 9.80 Å². The molecule has 1 aliphatic heterocycles. The molecule has 0 N–H and O–H groups in total. The summed E-state index contributed by atoms with van der Waals surface area (Å²) in [4.78, 5) is 9.09. The highest BCUT2D eigenvalue weighted by Crippen LogP contribution is 2.04. The average molecular weight is 282 g/mol. The van der Waals surface area contributed by atoms with Crippen molar-refractivity contribution >= 4 is 0 Å². The second-order valence-electron chi connectivity index (χ2n) is 5.40. The minimum absolute atomic E-state index is 0.724. The minimum atomic E-state index is 0.724. The van der Waals surface area contributed by atoms with Crippen LogP contribution < -0.4 is 0 Å². The van der Waals surface area contributed by atoms with E-state index in [2.05, 4.69) is 33.9 Å². The molecule has 1 fully saturated rings. The summed E-state index contributed by atoms with van der Waals surface area (Å²) in [6.45, 7) is 8.91. The molecule has 0 amide bonds. The SMILES string of the molecule is CCCc1noc(CN(C)CCCN2CCOCC2)n1. The van der Waals surface area contributed by atoms with Crippen molar-refractivity contribution in [3.8, 4) is 0 Å². The molecule has 0 spiro atoms. The zero-order chi connectivity index (χ0) is 14.2. The Hall–Kier alpha value is -0.980. The molecule has 6 heteroatoms. The highest BCUT2D eigenvalue weighted by Gasteiger charge is 2.11. The van der Waals surface area contributed by atoms with E-state index in [-0.39, 0.29) is 0 Å². The molecular weight excluding hydrogens is 256 g/mol. The minimum Gasteiger partial charge on any atom is -0.379 e. The van der Waals surface area contributed by atoms with Gasteiger partial charge in [0, 0.05) is 19.5 Å². The summed E-state index contributed by atoms with van der Waals surface area (Å²) in [6, 6.07) is 0. The van der Waals surface area contributed by atoms with Crippen molar-refractivity contribution in [3.63, 3.8) is 0 Å². The van der Waals surface area contributed by atoms with Gasteiger partial charge in [-0.15, -0.1) is 0 Å². The predicted molar refractivity (Wildman–Crippen MR) is 76.5 cm³/mol. The van der Waals surface area contributed by atoms with Crippen LogP contribution in [0.25, 0.3) is 0 Å². The maximum atomic E-state index is 5.35. The van der Waals surface area contributed by atoms with Crippen molar-refractivity contribution in [1.29, 1.82) is 0 Å². The lowest BCUT2D eigenvalue weighted by molar-refractivity contribution is 0.0362. The van der Waals surface area contributed by atoms with E-state index in [0.29, 0.717) is 0 Å². The number of aromatic nitrogens is 2. The first kappa shape index (κ1) is 15.4. The molecule has 1 saturated heterocycles. The molecule has 114 valence electrons. The van der Waals surface area contributed by atoms with Gasteiger partial charge in [-0.25, -0.2) is 0 Å². The molecule has 0 aliphatic carbocycles. The maximum absolute atomic E-state index is 5.35. The predicted octanol–water partition coefficient (Wildman–Crippen LogP) is 1.18. The third-order valence-corrected chi connectivity index (χ3v) is 3.51. The largest absolute Gasteiger partial charge is 0.379 e. The molecule has 1 aromatic heterocycles. The van der Waals surface area contributed by atoms with Crippen LogP contribution in [0, 0.1) is 0 Å². The van der Waals surface area contributed by atoms with E-state index >= 15 is 0 Å². The number of nitrogens with zero attached hydrogens (tertiary/aromatic N) is 4. The second-order valence-corrected chi connectivity index (χ2v) is 5.40. The van der Waals surface area contributed by atoms with Gasteiger partial charge in [0.05, 0.1) is 19.8 Å². The molecule has 20 heavy (non-hydrogen) atoms. The average Bonchev–Trinajstić information content (AvgIpc) is 2.88. The Kier molecular flexibility index (Phi) is 6.42. The van der Waals surface area contributed by atoms with Crippen LogP contribution in [0.3, 0.4) is 0 Å². The van der Waals surface area contributed by atoms with Gasteiger partial charge in [-0.05, 0) is 33.0 Å². The Morgan fingerprint density at radius 1 is 1.30 bits per heavy atom. The number of morpholine rings is 1. The number of hydrogen-bond donors (Lipinski definition) is 0. The Labute approximate surface area is 121 Å².